The summed E-state index contributed by atoms with van der Waals surface area (Å²) >= 11 is 0. The number of sulfone groups is 1. The number of rotatable bonds is 8. The van der Waals surface area contributed by atoms with Crippen LogP contribution < -0.4 is 11.1 Å². The molecule has 10 heteroatoms. The molecule has 3 N–H and O–H groups in total. The van der Waals surface area contributed by atoms with Gasteiger partial charge in [-0.15, -0.1) is 0 Å². The van der Waals surface area contributed by atoms with Crippen molar-refractivity contribution in [3.8, 4) is 11.1 Å². The van der Waals surface area contributed by atoms with Gasteiger partial charge in [-0.05, 0) is 47.4 Å². The average Bonchev–Trinajstić information content (AvgIpc) is 2.83. The zero-order valence-electron chi connectivity index (χ0n) is 20.7. The minimum atomic E-state index is -3.56. The number of hydrogen-bond donors (Lipinski definition) is 2. The van der Waals surface area contributed by atoms with Crippen LogP contribution in [0, 0.1) is 11.7 Å². The average molecular weight is 526 g/mol. The van der Waals surface area contributed by atoms with E-state index in [2.05, 4.69) is 5.32 Å². The van der Waals surface area contributed by atoms with Gasteiger partial charge in [0.25, 0.3) is 0 Å². The third-order valence-corrected chi connectivity index (χ3v) is 6.62. The number of carbonyl (C=O) groups excluding carboxylic acids is 3. The van der Waals surface area contributed by atoms with Crippen molar-refractivity contribution in [1.82, 2.24) is 4.90 Å². The number of benzene rings is 3. The summed E-state index contributed by atoms with van der Waals surface area (Å²) < 4.78 is 39.1. The highest BCUT2D eigenvalue weighted by Gasteiger charge is 2.24. The largest absolute Gasteiger partial charge is 0.366 e. The standard InChI is InChI=1S/C27H28FN3O5S/c1-17(2)15-31(16-18-7-6-8-20(13-18)25(29)32)27(34)26(33)30-23-12-11-19(14-22(23)28)21-9-4-5-10-24(21)37(3,35)36/h4-14,17H,15-16H2,1-3H3,(H2,29,32)(H,30,33). The lowest BCUT2D eigenvalue weighted by Crippen LogP contribution is -2.41. The van der Waals surface area contributed by atoms with Crippen molar-refractivity contribution in [3.63, 3.8) is 0 Å². The Balaban J connectivity index is 1.82. The summed E-state index contributed by atoms with van der Waals surface area (Å²) in [5.74, 6) is -3.31. The van der Waals surface area contributed by atoms with Gasteiger partial charge in [0, 0.05) is 30.5 Å². The first-order valence-electron chi connectivity index (χ1n) is 11.4. The maximum absolute atomic E-state index is 14.9. The molecule has 0 saturated heterocycles. The predicted molar refractivity (Wildman–Crippen MR) is 139 cm³/mol. The van der Waals surface area contributed by atoms with E-state index in [1.165, 1.54) is 23.1 Å². The number of nitrogens with two attached hydrogens (primary N) is 1. The predicted octanol–water partition coefficient (Wildman–Crippen LogP) is 3.62. The summed E-state index contributed by atoms with van der Waals surface area (Å²) in [7, 11) is -3.56. The molecular weight excluding hydrogens is 497 g/mol. The molecule has 3 aromatic carbocycles. The summed E-state index contributed by atoms with van der Waals surface area (Å²) in [5, 5.41) is 2.31. The Hall–Kier alpha value is -4.05. The lowest BCUT2D eigenvalue weighted by atomic mass is 10.0. The van der Waals surface area contributed by atoms with Gasteiger partial charge in [0.15, 0.2) is 9.84 Å². The molecule has 0 heterocycles. The number of carbonyl (C=O) groups is 3. The maximum atomic E-state index is 14.9. The topological polar surface area (TPSA) is 127 Å². The van der Waals surface area contributed by atoms with Crippen LogP contribution in [0.5, 0.6) is 0 Å². The minimum Gasteiger partial charge on any atom is -0.366 e. The van der Waals surface area contributed by atoms with Crippen molar-refractivity contribution in [3.05, 3.63) is 83.7 Å². The van der Waals surface area contributed by atoms with E-state index in [1.54, 1.807) is 42.5 Å². The van der Waals surface area contributed by atoms with Crippen LogP contribution >= 0.6 is 0 Å². The number of nitrogens with zero attached hydrogens (tertiary/aromatic N) is 1. The molecule has 0 aliphatic carbocycles. The first-order valence-corrected chi connectivity index (χ1v) is 13.3. The molecule has 0 atom stereocenters. The number of anilines is 1. The zero-order chi connectivity index (χ0) is 27.3. The monoisotopic (exact) mass is 525 g/mol. The SMILES string of the molecule is CC(C)CN(Cc1cccc(C(N)=O)c1)C(=O)C(=O)Nc1ccc(-c2ccccc2S(C)(=O)=O)cc1F. The molecule has 194 valence electrons. The normalized spacial score (nSPS) is 11.3. The van der Waals surface area contributed by atoms with Crippen molar-refractivity contribution in [2.75, 3.05) is 18.1 Å². The molecule has 3 aromatic rings. The Labute approximate surface area is 215 Å². The van der Waals surface area contributed by atoms with Crippen molar-refractivity contribution in [2.45, 2.75) is 25.3 Å². The van der Waals surface area contributed by atoms with Crippen molar-refractivity contribution < 1.29 is 27.2 Å². The van der Waals surface area contributed by atoms with E-state index in [0.717, 1.165) is 12.3 Å². The molecule has 0 fully saturated rings. The quantitative estimate of drug-likeness (QED) is 0.435. The van der Waals surface area contributed by atoms with Crippen LogP contribution in [0.4, 0.5) is 10.1 Å². The van der Waals surface area contributed by atoms with Gasteiger partial charge in [-0.1, -0.05) is 50.2 Å². The number of hydrogen-bond acceptors (Lipinski definition) is 5. The molecule has 0 unspecified atom stereocenters. The van der Waals surface area contributed by atoms with Crippen LogP contribution in [0.15, 0.2) is 71.6 Å². The number of nitrogens with one attached hydrogen (secondary N) is 1. The van der Waals surface area contributed by atoms with E-state index < -0.39 is 33.4 Å². The Morgan fingerprint density at radius 2 is 1.70 bits per heavy atom. The fourth-order valence-corrected chi connectivity index (χ4v) is 4.75. The summed E-state index contributed by atoms with van der Waals surface area (Å²) in [6.07, 6.45) is 1.06. The molecule has 8 nitrogen and oxygen atoms in total. The van der Waals surface area contributed by atoms with Gasteiger partial charge < -0.3 is 16.0 Å². The summed E-state index contributed by atoms with van der Waals surface area (Å²) in [4.78, 5) is 38.6. The van der Waals surface area contributed by atoms with Gasteiger partial charge in [-0.25, -0.2) is 12.8 Å². The molecule has 37 heavy (non-hydrogen) atoms. The summed E-state index contributed by atoms with van der Waals surface area (Å²) in [6.45, 7) is 4.06. The van der Waals surface area contributed by atoms with E-state index in [1.807, 2.05) is 13.8 Å². The smallest absolute Gasteiger partial charge is 0.313 e. The maximum Gasteiger partial charge on any atom is 0.313 e. The second kappa shape index (κ2) is 11.3. The van der Waals surface area contributed by atoms with Crippen LogP contribution in [0.3, 0.4) is 0 Å². The van der Waals surface area contributed by atoms with Crippen molar-refractivity contribution >= 4 is 33.2 Å². The van der Waals surface area contributed by atoms with E-state index in [0.29, 0.717) is 16.7 Å². The molecule has 0 aromatic heterocycles. The van der Waals surface area contributed by atoms with Gasteiger partial charge in [0.2, 0.25) is 5.91 Å². The highest BCUT2D eigenvalue weighted by Crippen LogP contribution is 2.30. The summed E-state index contributed by atoms with van der Waals surface area (Å²) in [6, 6.07) is 16.5. The molecule has 0 saturated carbocycles. The molecule has 0 spiro atoms. The van der Waals surface area contributed by atoms with E-state index in [9.17, 15) is 27.2 Å². The van der Waals surface area contributed by atoms with Crippen LogP contribution in [-0.4, -0.2) is 43.8 Å². The fourth-order valence-electron chi connectivity index (χ4n) is 3.84. The van der Waals surface area contributed by atoms with Gasteiger partial charge in [0.1, 0.15) is 5.82 Å². The zero-order valence-corrected chi connectivity index (χ0v) is 21.5. The molecule has 0 aliphatic heterocycles. The molecule has 0 bridgehead atoms. The second-order valence-electron chi connectivity index (χ2n) is 9.06. The van der Waals surface area contributed by atoms with E-state index in [4.69, 9.17) is 5.73 Å². The Morgan fingerprint density at radius 3 is 2.32 bits per heavy atom. The fraction of sp³-hybridized carbons (Fsp3) is 0.222. The number of amides is 3. The Bertz CT molecular complexity index is 1450. The second-order valence-corrected chi connectivity index (χ2v) is 11.0. The van der Waals surface area contributed by atoms with Gasteiger partial charge in [-0.3, -0.25) is 14.4 Å². The minimum absolute atomic E-state index is 0.0296. The Kier molecular flexibility index (Phi) is 8.44. The van der Waals surface area contributed by atoms with Crippen LogP contribution in [0.25, 0.3) is 11.1 Å². The van der Waals surface area contributed by atoms with E-state index in [-0.39, 0.29) is 35.2 Å². The lowest BCUT2D eigenvalue weighted by molar-refractivity contribution is -0.143. The molecule has 3 amide bonds. The molecule has 0 radical (unpaired) electrons. The number of halogens is 1. The summed E-state index contributed by atoms with van der Waals surface area (Å²) in [5.41, 5.74) is 6.62. The van der Waals surface area contributed by atoms with Gasteiger partial charge in [-0.2, -0.15) is 0 Å². The number of primary amides is 1. The van der Waals surface area contributed by atoms with Crippen LogP contribution in [-0.2, 0) is 26.0 Å². The van der Waals surface area contributed by atoms with Crippen molar-refractivity contribution in [2.24, 2.45) is 11.7 Å². The molecule has 3 rings (SSSR count). The molecule has 0 aliphatic rings. The Morgan fingerprint density at radius 1 is 1.00 bits per heavy atom. The first kappa shape index (κ1) is 27.5. The molecular formula is C27H28FN3O5S. The van der Waals surface area contributed by atoms with Crippen LogP contribution in [0.2, 0.25) is 0 Å². The van der Waals surface area contributed by atoms with E-state index >= 15 is 0 Å². The third kappa shape index (κ3) is 7.01. The van der Waals surface area contributed by atoms with Gasteiger partial charge >= 0.3 is 11.8 Å². The lowest BCUT2D eigenvalue weighted by Gasteiger charge is -2.24. The highest BCUT2D eigenvalue weighted by atomic mass is 32.2. The highest BCUT2D eigenvalue weighted by molar-refractivity contribution is 7.90. The first-order chi connectivity index (χ1) is 17.4. The van der Waals surface area contributed by atoms with Gasteiger partial charge in [0.05, 0.1) is 10.6 Å². The third-order valence-electron chi connectivity index (χ3n) is 5.47. The van der Waals surface area contributed by atoms with Crippen molar-refractivity contribution in [1.29, 1.82) is 0 Å². The van der Waals surface area contributed by atoms with Crippen LogP contribution in [0.1, 0.15) is 29.8 Å².